The monoisotopic (exact) mass is 445 g/mol. The molecule has 9 heteroatoms. The largest absolute Gasteiger partial charge is 0.508 e. The van der Waals surface area contributed by atoms with Gasteiger partial charge in [-0.15, -0.1) is 0 Å². The zero-order chi connectivity index (χ0) is 22.7. The van der Waals surface area contributed by atoms with Gasteiger partial charge in [0.15, 0.2) is 0 Å². The predicted octanol–water partition coefficient (Wildman–Crippen LogP) is 3.08. The van der Waals surface area contributed by atoms with Gasteiger partial charge in [0, 0.05) is 29.6 Å². The third-order valence-electron chi connectivity index (χ3n) is 4.99. The van der Waals surface area contributed by atoms with E-state index < -0.39 is 23.4 Å². The van der Waals surface area contributed by atoms with E-state index in [0.717, 1.165) is 6.07 Å². The van der Waals surface area contributed by atoms with Crippen LogP contribution in [0.4, 0.5) is 0 Å². The third kappa shape index (κ3) is 5.16. The maximum absolute atomic E-state index is 12.5. The summed E-state index contributed by atoms with van der Waals surface area (Å²) in [5.74, 6) is -2.54. The second-order valence-corrected chi connectivity index (χ2v) is 7.59. The van der Waals surface area contributed by atoms with Gasteiger partial charge in [-0.2, -0.15) is 0 Å². The molecule has 0 spiro atoms. The molecule has 1 atom stereocenters. The minimum atomic E-state index is -1.01. The van der Waals surface area contributed by atoms with Crippen molar-refractivity contribution in [3.63, 3.8) is 0 Å². The van der Waals surface area contributed by atoms with Crippen LogP contribution in [0.15, 0.2) is 45.6 Å². The van der Waals surface area contributed by atoms with E-state index in [4.69, 9.17) is 16.0 Å². The van der Waals surface area contributed by atoms with E-state index in [2.05, 4.69) is 5.32 Å². The molecule has 3 aromatic rings. The maximum Gasteiger partial charge on any atom is 0.340 e. The molecule has 0 aliphatic heterocycles. The van der Waals surface area contributed by atoms with E-state index in [1.54, 1.807) is 31.2 Å². The summed E-state index contributed by atoms with van der Waals surface area (Å²) < 4.78 is 5.15. The number of nitrogens with one attached hydrogen (secondary N) is 1. The normalized spacial score (nSPS) is 11.9. The number of carbonyl (C=O) groups is 2. The molecule has 0 unspecified atom stereocenters. The fraction of sp³-hybridized carbons (Fsp3) is 0.227. The number of aryl methyl sites for hydroxylation is 1. The highest BCUT2D eigenvalue weighted by molar-refractivity contribution is 6.30. The number of phenolic OH excluding ortho intramolecular Hbond substituents is 2. The Morgan fingerprint density at radius 1 is 1.16 bits per heavy atom. The lowest BCUT2D eigenvalue weighted by molar-refractivity contribution is -0.137. The number of hydrogen-bond acceptors (Lipinski definition) is 6. The summed E-state index contributed by atoms with van der Waals surface area (Å²) in [6.45, 7) is 1.61. The van der Waals surface area contributed by atoms with E-state index in [0.29, 0.717) is 16.1 Å². The zero-order valence-corrected chi connectivity index (χ0v) is 17.3. The van der Waals surface area contributed by atoms with Gasteiger partial charge in [-0.1, -0.05) is 23.7 Å². The van der Waals surface area contributed by atoms with Crippen molar-refractivity contribution in [3.05, 3.63) is 68.5 Å². The molecule has 8 nitrogen and oxygen atoms in total. The number of aliphatic carboxylic acids is 1. The molecule has 1 amide bonds. The molecule has 0 fully saturated rings. The van der Waals surface area contributed by atoms with Crippen LogP contribution < -0.4 is 10.9 Å². The summed E-state index contributed by atoms with van der Waals surface area (Å²) in [6.07, 6.45) is -0.513. The van der Waals surface area contributed by atoms with Gasteiger partial charge >= 0.3 is 11.6 Å². The highest BCUT2D eigenvalue weighted by atomic mass is 35.5. The number of carbonyl (C=O) groups excluding carboxylic acids is 1. The molecule has 1 heterocycles. The van der Waals surface area contributed by atoms with E-state index in [1.165, 1.54) is 6.07 Å². The Bertz CT molecular complexity index is 1200. The molecule has 0 bridgehead atoms. The van der Waals surface area contributed by atoms with Crippen molar-refractivity contribution in [3.8, 4) is 11.5 Å². The number of carboxylic acid groups (broad SMARTS) is 1. The molecule has 0 aliphatic rings. The van der Waals surface area contributed by atoms with Crippen molar-refractivity contribution in [2.24, 2.45) is 0 Å². The van der Waals surface area contributed by atoms with Crippen LogP contribution in [0.3, 0.4) is 0 Å². The number of halogens is 1. The highest BCUT2D eigenvalue weighted by Gasteiger charge is 2.20. The lowest BCUT2D eigenvalue weighted by Gasteiger charge is -2.17. The van der Waals surface area contributed by atoms with Gasteiger partial charge in [-0.3, -0.25) is 9.59 Å². The van der Waals surface area contributed by atoms with Gasteiger partial charge < -0.3 is 25.1 Å². The van der Waals surface area contributed by atoms with Crippen LogP contribution in [0.25, 0.3) is 11.0 Å². The van der Waals surface area contributed by atoms with Crippen LogP contribution in [0.2, 0.25) is 5.02 Å². The topological polar surface area (TPSA) is 137 Å². The minimum Gasteiger partial charge on any atom is -0.508 e. The van der Waals surface area contributed by atoms with E-state index in [9.17, 15) is 29.7 Å². The third-order valence-corrected chi connectivity index (χ3v) is 5.24. The van der Waals surface area contributed by atoms with Crippen LogP contribution in [0.1, 0.15) is 29.0 Å². The molecule has 31 heavy (non-hydrogen) atoms. The van der Waals surface area contributed by atoms with Crippen molar-refractivity contribution in [1.29, 1.82) is 0 Å². The SMILES string of the molecule is Cc1c(CC(=O)NC[C@H](CC(=O)O)c2ccc(Cl)cc2)c(=O)oc2cc(O)cc(O)c12. The zero-order valence-electron chi connectivity index (χ0n) is 16.5. The van der Waals surface area contributed by atoms with Crippen LogP contribution in [-0.4, -0.2) is 33.7 Å². The molecular weight excluding hydrogens is 426 g/mol. The summed E-state index contributed by atoms with van der Waals surface area (Å²) in [5, 5.41) is 32.2. The number of phenols is 2. The molecule has 0 radical (unpaired) electrons. The first-order valence-electron chi connectivity index (χ1n) is 9.38. The van der Waals surface area contributed by atoms with Crippen molar-refractivity contribution in [1.82, 2.24) is 5.32 Å². The molecule has 1 aromatic heterocycles. The van der Waals surface area contributed by atoms with Gasteiger partial charge in [0.2, 0.25) is 5.91 Å². The van der Waals surface area contributed by atoms with E-state index in [-0.39, 0.29) is 47.4 Å². The second-order valence-electron chi connectivity index (χ2n) is 7.16. The Morgan fingerprint density at radius 3 is 2.48 bits per heavy atom. The predicted molar refractivity (Wildman–Crippen MR) is 114 cm³/mol. The molecule has 2 aromatic carbocycles. The first kappa shape index (κ1) is 22.2. The molecule has 162 valence electrons. The standard InChI is InChI=1S/C22H20ClNO7/c1-11-16(22(30)31-18-8-15(25)7-17(26)21(11)18)9-19(27)24-10-13(6-20(28)29)12-2-4-14(23)5-3-12/h2-5,7-8,13,25-26H,6,9-10H2,1H3,(H,24,27)(H,28,29)/t13-/m0/s1. The van der Waals surface area contributed by atoms with Crippen LogP contribution in [-0.2, 0) is 16.0 Å². The molecule has 0 saturated heterocycles. The summed E-state index contributed by atoms with van der Waals surface area (Å²) in [4.78, 5) is 36.1. The lowest BCUT2D eigenvalue weighted by Crippen LogP contribution is -2.32. The maximum atomic E-state index is 12.5. The molecule has 3 rings (SSSR count). The Hall–Kier alpha value is -3.52. The number of carboxylic acids is 1. The average molecular weight is 446 g/mol. The molecule has 0 aliphatic carbocycles. The van der Waals surface area contributed by atoms with E-state index in [1.807, 2.05) is 0 Å². The fourth-order valence-corrected chi connectivity index (χ4v) is 3.55. The van der Waals surface area contributed by atoms with Crippen LogP contribution >= 0.6 is 11.6 Å². The smallest absolute Gasteiger partial charge is 0.340 e. The number of fused-ring (bicyclic) bond motifs is 1. The fourth-order valence-electron chi connectivity index (χ4n) is 3.43. The lowest BCUT2D eigenvalue weighted by atomic mass is 9.95. The molecule has 0 saturated carbocycles. The Kier molecular flexibility index (Phi) is 6.50. The van der Waals surface area contributed by atoms with Crippen molar-refractivity contribution in [2.45, 2.75) is 25.7 Å². The Labute approximate surface area is 181 Å². The number of hydrogen-bond donors (Lipinski definition) is 4. The van der Waals surface area contributed by atoms with Crippen molar-refractivity contribution >= 4 is 34.4 Å². The van der Waals surface area contributed by atoms with Gasteiger partial charge in [-0.25, -0.2) is 4.79 Å². The minimum absolute atomic E-state index is 0.00780. The Morgan fingerprint density at radius 2 is 1.84 bits per heavy atom. The summed E-state index contributed by atoms with van der Waals surface area (Å²) >= 11 is 5.87. The number of amides is 1. The van der Waals surface area contributed by atoms with E-state index >= 15 is 0 Å². The van der Waals surface area contributed by atoms with Crippen LogP contribution in [0.5, 0.6) is 11.5 Å². The second kappa shape index (κ2) is 9.09. The van der Waals surface area contributed by atoms with Gasteiger partial charge in [0.25, 0.3) is 0 Å². The van der Waals surface area contributed by atoms with Crippen LogP contribution in [0, 0.1) is 6.92 Å². The summed E-state index contributed by atoms with van der Waals surface area (Å²) in [6, 6.07) is 8.99. The number of benzene rings is 2. The average Bonchev–Trinajstić information content (AvgIpc) is 2.68. The molecule has 4 N–H and O–H groups in total. The first-order chi connectivity index (χ1) is 14.7. The van der Waals surface area contributed by atoms with Gasteiger partial charge in [0.1, 0.15) is 17.1 Å². The summed E-state index contributed by atoms with van der Waals surface area (Å²) in [7, 11) is 0. The van der Waals surface area contributed by atoms with Crippen molar-refractivity contribution in [2.75, 3.05) is 6.54 Å². The summed E-state index contributed by atoms with van der Waals surface area (Å²) in [5.41, 5.74) is 0.377. The quantitative estimate of drug-likeness (QED) is 0.410. The first-order valence-corrected chi connectivity index (χ1v) is 9.75. The number of rotatable bonds is 7. The van der Waals surface area contributed by atoms with Gasteiger partial charge in [0.05, 0.1) is 23.8 Å². The Balaban J connectivity index is 1.79. The highest BCUT2D eigenvalue weighted by Crippen LogP contribution is 2.32. The van der Waals surface area contributed by atoms with Crippen molar-refractivity contribution < 1.29 is 29.3 Å². The number of aromatic hydroxyl groups is 2. The molecular formula is C22H20ClNO7. The van der Waals surface area contributed by atoms with Gasteiger partial charge in [-0.05, 0) is 30.2 Å².